The van der Waals surface area contributed by atoms with Crippen LogP contribution in [0.25, 0.3) is 10.1 Å². The number of hydrogen-bond donors (Lipinski definition) is 0. The highest BCUT2D eigenvalue weighted by atomic mass is 32.1. The highest BCUT2D eigenvalue weighted by Gasteiger charge is 2.10. The van der Waals surface area contributed by atoms with Crippen molar-refractivity contribution in [2.24, 2.45) is 0 Å². The van der Waals surface area contributed by atoms with Gasteiger partial charge in [-0.3, -0.25) is 0 Å². The lowest BCUT2D eigenvalue weighted by atomic mass is 10.1. The minimum absolute atomic E-state index is 0.287. The Hall–Kier alpha value is -1.60. The summed E-state index contributed by atoms with van der Waals surface area (Å²) in [6, 6.07) is 6.81. The van der Waals surface area contributed by atoms with E-state index in [2.05, 4.69) is 0 Å². The third kappa shape index (κ3) is 1.22. The van der Waals surface area contributed by atoms with Gasteiger partial charge in [0.25, 0.3) is 0 Å². The second-order valence-electron chi connectivity index (χ2n) is 2.72. The molecule has 0 atom stereocenters. The number of ether oxygens (including phenoxy) is 1. The van der Waals surface area contributed by atoms with Gasteiger partial charge in [0.2, 0.25) is 0 Å². The molecule has 0 amide bonds. The number of nitriles is 1. The van der Waals surface area contributed by atoms with Crippen LogP contribution in [0.1, 0.15) is 5.56 Å². The minimum atomic E-state index is -0.287. The third-order valence-corrected chi connectivity index (χ3v) is 2.85. The van der Waals surface area contributed by atoms with Gasteiger partial charge in [-0.2, -0.15) is 9.65 Å². The molecule has 1 aromatic heterocycles. The highest BCUT2D eigenvalue weighted by molar-refractivity contribution is 7.17. The van der Waals surface area contributed by atoms with E-state index in [1.165, 1.54) is 13.2 Å². The molecule has 2 rings (SSSR count). The van der Waals surface area contributed by atoms with E-state index >= 15 is 0 Å². The van der Waals surface area contributed by atoms with E-state index in [-0.39, 0.29) is 5.13 Å². The predicted octanol–water partition coefficient (Wildman–Crippen LogP) is 2.92. The van der Waals surface area contributed by atoms with E-state index in [0.29, 0.717) is 16.7 Å². The quantitative estimate of drug-likeness (QED) is 0.720. The minimum Gasteiger partial charge on any atom is -0.495 e. The van der Waals surface area contributed by atoms with Crippen LogP contribution >= 0.6 is 11.3 Å². The van der Waals surface area contributed by atoms with Gasteiger partial charge < -0.3 is 4.74 Å². The standard InChI is InChI=1S/C10H6FNOS/c1-13-8-2-3-9-6(7(8)5-12)4-10(11)14-9/h2-4H,1H3. The second kappa shape index (κ2) is 3.28. The van der Waals surface area contributed by atoms with E-state index < -0.39 is 0 Å². The summed E-state index contributed by atoms with van der Waals surface area (Å²) >= 11 is 1.03. The van der Waals surface area contributed by atoms with Gasteiger partial charge in [0, 0.05) is 10.1 Å². The zero-order valence-electron chi connectivity index (χ0n) is 7.37. The van der Waals surface area contributed by atoms with Crippen molar-refractivity contribution in [3.05, 3.63) is 28.9 Å². The maximum atomic E-state index is 12.9. The van der Waals surface area contributed by atoms with Crippen LogP contribution < -0.4 is 4.74 Å². The fourth-order valence-electron chi connectivity index (χ4n) is 1.35. The average Bonchev–Trinajstić information content (AvgIpc) is 2.56. The van der Waals surface area contributed by atoms with Gasteiger partial charge in [-0.1, -0.05) is 0 Å². The lowest BCUT2D eigenvalue weighted by Gasteiger charge is -2.01. The molecule has 0 saturated heterocycles. The fraction of sp³-hybridized carbons (Fsp3) is 0.100. The number of thiophene rings is 1. The van der Waals surface area contributed by atoms with Gasteiger partial charge in [-0.25, -0.2) is 0 Å². The van der Waals surface area contributed by atoms with Crippen LogP contribution in [-0.4, -0.2) is 7.11 Å². The number of halogens is 1. The van der Waals surface area contributed by atoms with Crippen molar-refractivity contribution >= 4 is 21.4 Å². The molecule has 0 unspecified atom stereocenters. The lowest BCUT2D eigenvalue weighted by molar-refractivity contribution is 0.414. The van der Waals surface area contributed by atoms with E-state index in [4.69, 9.17) is 10.00 Å². The van der Waals surface area contributed by atoms with Crippen LogP contribution in [0.4, 0.5) is 4.39 Å². The van der Waals surface area contributed by atoms with Crippen LogP contribution in [-0.2, 0) is 0 Å². The summed E-state index contributed by atoms with van der Waals surface area (Å²) in [5.74, 6) is 0.484. The molecule has 1 heterocycles. The normalized spacial score (nSPS) is 10.1. The molecule has 0 bridgehead atoms. The van der Waals surface area contributed by atoms with Crippen molar-refractivity contribution in [1.82, 2.24) is 0 Å². The first-order valence-corrected chi connectivity index (χ1v) is 4.74. The average molecular weight is 207 g/mol. The molecular weight excluding hydrogens is 201 g/mol. The Bertz CT molecular complexity index is 527. The molecule has 0 fully saturated rings. The first-order valence-electron chi connectivity index (χ1n) is 3.92. The van der Waals surface area contributed by atoms with E-state index in [1.807, 2.05) is 6.07 Å². The molecule has 0 aliphatic carbocycles. The summed E-state index contributed by atoms with van der Waals surface area (Å²) in [5, 5.41) is 9.24. The Balaban J connectivity index is 2.84. The molecule has 4 heteroatoms. The van der Waals surface area contributed by atoms with Crippen molar-refractivity contribution in [3.8, 4) is 11.8 Å². The van der Waals surface area contributed by atoms with Crippen LogP contribution in [0.15, 0.2) is 18.2 Å². The Labute approximate surface area is 84.2 Å². The maximum Gasteiger partial charge on any atom is 0.177 e. The van der Waals surface area contributed by atoms with Crippen LogP contribution in [0.5, 0.6) is 5.75 Å². The number of benzene rings is 1. The van der Waals surface area contributed by atoms with Crippen molar-refractivity contribution < 1.29 is 9.13 Å². The predicted molar refractivity (Wildman–Crippen MR) is 53.1 cm³/mol. The van der Waals surface area contributed by atoms with E-state index in [1.54, 1.807) is 12.1 Å². The maximum absolute atomic E-state index is 12.9. The largest absolute Gasteiger partial charge is 0.495 e. The molecule has 2 nitrogen and oxygen atoms in total. The SMILES string of the molecule is COc1ccc2sc(F)cc2c1C#N. The molecule has 70 valence electrons. The van der Waals surface area contributed by atoms with Gasteiger partial charge in [0.1, 0.15) is 17.4 Å². The van der Waals surface area contributed by atoms with Gasteiger partial charge in [0.15, 0.2) is 5.13 Å². The van der Waals surface area contributed by atoms with Crippen LogP contribution in [0.3, 0.4) is 0 Å². The van der Waals surface area contributed by atoms with Crippen LogP contribution in [0.2, 0.25) is 0 Å². The smallest absolute Gasteiger partial charge is 0.177 e. The molecular formula is C10H6FNOS. The summed E-state index contributed by atoms with van der Waals surface area (Å²) in [4.78, 5) is 0. The van der Waals surface area contributed by atoms with E-state index in [0.717, 1.165) is 16.0 Å². The summed E-state index contributed by atoms with van der Waals surface area (Å²) in [6.45, 7) is 0. The summed E-state index contributed by atoms with van der Waals surface area (Å²) in [6.07, 6.45) is 0. The summed E-state index contributed by atoms with van der Waals surface area (Å²) in [7, 11) is 1.49. The number of rotatable bonds is 1. The van der Waals surface area contributed by atoms with Crippen molar-refractivity contribution in [3.63, 3.8) is 0 Å². The molecule has 0 aliphatic rings. The molecule has 0 saturated carbocycles. The topological polar surface area (TPSA) is 33.0 Å². The number of hydrogen-bond acceptors (Lipinski definition) is 3. The fourth-order valence-corrected chi connectivity index (χ4v) is 2.14. The highest BCUT2D eigenvalue weighted by Crippen LogP contribution is 2.32. The zero-order valence-corrected chi connectivity index (χ0v) is 8.19. The van der Waals surface area contributed by atoms with Gasteiger partial charge in [-0.05, 0) is 18.2 Å². The van der Waals surface area contributed by atoms with Crippen molar-refractivity contribution in [2.75, 3.05) is 7.11 Å². The van der Waals surface area contributed by atoms with Gasteiger partial charge >= 0.3 is 0 Å². The van der Waals surface area contributed by atoms with Crippen molar-refractivity contribution in [1.29, 1.82) is 5.26 Å². The molecule has 0 N–H and O–H groups in total. The van der Waals surface area contributed by atoms with Crippen LogP contribution in [0, 0.1) is 16.5 Å². The Kier molecular flexibility index (Phi) is 2.10. The number of fused-ring (bicyclic) bond motifs is 1. The summed E-state index contributed by atoms with van der Waals surface area (Å²) in [5.41, 5.74) is 0.394. The Morgan fingerprint density at radius 3 is 2.93 bits per heavy atom. The molecule has 0 aliphatic heterocycles. The Morgan fingerprint density at radius 1 is 1.50 bits per heavy atom. The number of methoxy groups -OCH3 is 1. The molecule has 14 heavy (non-hydrogen) atoms. The first kappa shape index (κ1) is 8.97. The third-order valence-electron chi connectivity index (χ3n) is 1.96. The molecule has 1 aromatic carbocycles. The van der Waals surface area contributed by atoms with Gasteiger partial charge in [0.05, 0.1) is 7.11 Å². The molecule has 0 spiro atoms. The van der Waals surface area contributed by atoms with Gasteiger partial charge in [-0.15, -0.1) is 11.3 Å². The molecule has 2 aromatic rings. The van der Waals surface area contributed by atoms with E-state index in [9.17, 15) is 4.39 Å². The Morgan fingerprint density at radius 2 is 2.29 bits per heavy atom. The summed E-state index contributed by atoms with van der Waals surface area (Å²) < 4.78 is 18.7. The molecule has 0 radical (unpaired) electrons. The second-order valence-corrected chi connectivity index (χ2v) is 3.75. The number of nitrogens with zero attached hydrogens (tertiary/aromatic N) is 1. The first-order chi connectivity index (χ1) is 6.76. The zero-order chi connectivity index (χ0) is 10.1. The lowest BCUT2D eigenvalue weighted by Crippen LogP contribution is -1.87. The monoisotopic (exact) mass is 207 g/mol. The van der Waals surface area contributed by atoms with Crippen molar-refractivity contribution in [2.45, 2.75) is 0 Å².